The molecule has 0 saturated carbocycles. The first-order valence-corrected chi connectivity index (χ1v) is 23.4. The molecule has 0 bridgehead atoms. The van der Waals surface area contributed by atoms with E-state index in [0.717, 1.165) is 12.8 Å². The Kier molecular flexibility index (Phi) is 8.95. The highest BCUT2D eigenvalue weighted by Gasteiger charge is 2.22. The number of para-hydroxylation sites is 2. The number of thiophene rings is 2. The third-order valence-electron chi connectivity index (χ3n) is 13.2. The molecule has 3 aromatic heterocycles. The van der Waals surface area contributed by atoms with Crippen LogP contribution >= 0.6 is 22.7 Å². The zero-order valence-electron chi connectivity index (χ0n) is 34.7. The van der Waals surface area contributed by atoms with E-state index >= 15 is 0 Å². The van der Waals surface area contributed by atoms with Crippen LogP contribution in [-0.4, -0.2) is 4.57 Å². The predicted octanol–water partition coefficient (Wildman–Crippen LogP) is 17.6. The van der Waals surface area contributed by atoms with Crippen molar-refractivity contribution in [1.82, 2.24) is 4.57 Å². The quantitative estimate of drug-likeness (QED) is 0.144. The second-order valence-corrected chi connectivity index (χ2v) is 18.8. The van der Waals surface area contributed by atoms with Crippen molar-refractivity contribution in [3.63, 3.8) is 0 Å². The number of fused-ring (bicyclic) bond motifs is 9. The fourth-order valence-electron chi connectivity index (χ4n) is 10.2. The molecule has 12 rings (SSSR count). The average molecular weight is 830 g/mol. The molecule has 9 aromatic carbocycles. The van der Waals surface area contributed by atoms with Crippen molar-refractivity contribution >= 4 is 84.8 Å². The van der Waals surface area contributed by atoms with E-state index in [4.69, 9.17) is 0 Å². The maximum Gasteiger partial charge on any atom is 0.0547 e. The van der Waals surface area contributed by atoms with Crippen molar-refractivity contribution in [3.8, 4) is 39.1 Å². The Morgan fingerprint density at radius 3 is 1.87 bits per heavy atom. The van der Waals surface area contributed by atoms with Gasteiger partial charge in [0.05, 0.1) is 11.0 Å². The van der Waals surface area contributed by atoms with Gasteiger partial charge in [0, 0.05) is 67.9 Å². The maximum absolute atomic E-state index is 2.55. The summed E-state index contributed by atoms with van der Waals surface area (Å²) in [6, 6.07) is 72.5. The predicted molar refractivity (Wildman–Crippen MR) is 271 cm³/mol. The number of aryl methyl sites for hydroxylation is 1. The molecule has 296 valence electrons. The van der Waals surface area contributed by atoms with Crippen molar-refractivity contribution in [1.29, 1.82) is 0 Å². The van der Waals surface area contributed by atoms with E-state index in [1.165, 1.54) is 118 Å². The molecule has 1 nitrogen and oxygen atoms in total. The lowest BCUT2D eigenvalue weighted by Crippen LogP contribution is -2.04. The van der Waals surface area contributed by atoms with Crippen molar-refractivity contribution in [2.45, 2.75) is 32.6 Å². The molecule has 0 saturated heterocycles. The molecule has 3 heterocycles. The van der Waals surface area contributed by atoms with Gasteiger partial charge in [0.15, 0.2) is 0 Å². The van der Waals surface area contributed by atoms with E-state index in [2.05, 4.69) is 213 Å². The zero-order chi connectivity index (χ0) is 41.3. The first-order valence-electron chi connectivity index (χ1n) is 21.8. The highest BCUT2D eigenvalue weighted by Crippen LogP contribution is 2.48. The summed E-state index contributed by atoms with van der Waals surface area (Å²) >= 11 is 3.86. The van der Waals surface area contributed by atoms with E-state index in [0.29, 0.717) is 5.92 Å². The molecule has 12 aromatic rings. The lowest BCUT2D eigenvalue weighted by atomic mass is 9.84. The van der Waals surface area contributed by atoms with E-state index in [1.54, 1.807) is 0 Å². The standard InChI is InChI=1S/C59H43NS2/c1-3-38(41-35-51-46-22-11-14-30-56(46)62-59(51)52(36-41)48-26-15-25-47-45-21-10-13-29-55(45)61-58(47)48)33-39-17-7-8-20-43(39)50-34-40(32-31-37(50)2)44-24-16-28-54-57(44)49-23-9-12-27-53(49)60(54)42-18-5-4-6-19-42/h4-32,34-36,38H,3,33H2,1-2H3. The molecule has 0 radical (unpaired) electrons. The molecule has 1 atom stereocenters. The number of benzene rings is 9. The number of aromatic nitrogens is 1. The van der Waals surface area contributed by atoms with Gasteiger partial charge in [0.2, 0.25) is 0 Å². The summed E-state index contributed by atoms with van der Waals surface area (Å²) in [6.07, 6.45) is 2.00. The van der Waals surface area contributed by atoms with Gasteiger partial charge in [-0.05, 0) is 119 Å². The molecule has 1 unspecified atom stereocenters. The van der Waals surface area contributed by atoms with Gasteiger partial charge in [-0.2, -0.15) is 0 Å². The number of hydrogen-bond acceptors (Lipinski definition) is 2. The number of rotatable bonds is 8. The second-order valence-electron chi connectivity index (χ2n) is 16.7. The first-order chi connectivity index (χ1) is 30.6. The average Bonchev–Trinajstić information content (AvgIpc) is 4.01. The molecule has 0 spiro atoms. The van der Waals surface area contributed by atoms with Gasteiger partial charge in [-0.15, -0.1) is 22.7 Å². The topological polar surface area (TPSA) is 4.93 Å². The molecule has 62 heavy (non-hydrogen) atoms. The molecule has 0 aliphatic carbocycles. The maximum atomic E-state index is 2.55. The zero-order valence-corrected chi connectivity index (χ0v) is 36.4. The fraction of sp³-hybridized carbons (Fsp3) is 0.0847. The Hall–Kier alpha value is -6.78. The summed E-state index contributed by atoms with van der Waals surface area (Å²) in [5.41, 5.74) is 15.5. The molecular weight excluding hydrogens is 787 g/mol. The summed E-state index contributed by atoms with van der Waals surface area (Å²) < 4.78 is 7.85. The van der Waals surface area contributed by atoms with Gasteiger partial charge in [-0.25, -0.2) is 0 Å². The lowest BCUT2D eigenvalue weighted by Gasteiger charge is -2.21. The van der Waals surface area contributed by atoms with Crippen LogP contribution in [0, 0.1) is 6.92 Å². The van der Waals surface area contributed by atoms with Crippen molar-refractivity contribution in [3.05, 3.63) is 211 Å². The van der Waals surface area contributed by atoms with Crippen LogP contribution < -0.4 is 0 Å². The smallest absolute Gasteiger partial charge is 0.0547 e. The van der Waals surface area contributed by atoms with Crippen LogP contribution in [0.5, 0.6) is 0 Å². The molecule has 0 amide bonds. The minimum absolute atomic E-state index is 0.334. The summed E-state index contributed by atoms with van der Waals surface area (Å²) in [4.78, 5) is 0. The molecule has 0 aliphatic rings. The van der Waals surface area contributed by atoms with Crippen LogP contribution in [0.1, 0.15) is 36.0 Å². The van der Waals surface area contributed by atoms with Crippen LogP contribution in [0.25, 0.3) is 101 Å². The van der Waals surface area contributed by atoms with E-state index < -0.39 is 0 Å². The molecule has 0 N–H and O–H groups in total. The summed E-state index contributed by atoms with van der Waals surface area (Å²) in [5, 5.41) is 7.97. The van der Waals surface area contributed by atoms with Crippen LogP contribution in [0.2, 0.25) is 0 Å². The largest absolute Gasteiger partial charge is 0.309 e. The van der Waals surface area contributed by atoms with Gasteiger partial charge in [-0.3, -0.25) is 0 Å². The first kappa shape index (κ1) is 37.0. The number of nitrogens with zero attached hydrogens (tertiary/aromatic N) is 1. The Balaban J connectivity index is 0.986. The van der Waals surface area contributed by atoms with Crippen molar-refractivity contribution in [2.75, 3.05) is 0 Å². The second kappa shape index (κ2) is 15.0. The lowest BCUT2D eigenvalue weighted by molar-refractivity contribution is 0.662. The minimum Gasteiger partial charge on any atom is -0.309 e. The van der Waals surface area contributed by atoms with Crippen LogP contribution in [0.4, 0.5) is 0 Å². The van der Waals surface area contributed by atoms with Crippen molar-refractivity contribution in [2.24, 2.45) is 0 Å². The Morgan fingerprint density at radius 1 is 0.452 bits per heavy atom. The molecule has 3 heteroatoms. The summed E-state index contributed by atoms with van der Waals surface area (Å²) in [6.45, 7) is 4.64. The summed E-state index contributed by atoms with van der Waals surface area (Å²) in [5.74, 6) is 0.334. The van der Waals surface area contributed by atoms with Gasteiger partial charge >= 0.3 is 0 Å². The van der Waals surface area contributed by atoms with E-state index in [9.17, 15) is 0 Å². The van der Waals surface area contributed by atoms with Crippen LogP contribution in [0.3, 0.4) is 0 Å². The van der Waals surface area contributed by atoms with Gasteiger partial charge in [0.1, 0.15) is 0 Å². The van der Waals surface area contributed by atoms with Gasteiger partial charge < -0.3 is 4.57 Å². The Labute approximate surface area is 369 Å². The highest BCUT2D eigenvalue weighted by atomic mass is 32.1. The number of hydrogen-bond donors (Lipinski definition) is 0. The van der Waals surface area contributed by atoms with Gasteiger partial charge in [0.25, 0.3) is 0 Å². The fourth-order valence-corrected chi connectivity index (χ4v) is 12.6. The van der Waals surface area contributed by atoms with Crippen molar-refractivity contribution < 1.29 is 0 Å². The van der Waals surface area contributed by atoms with Gasteiger partial charge in [-0.1, -0.05) is 146 Å². The monoisotopic (exact) mass is 829 g/mol. The molecule has 0 fully saturated rings. The molecule has 0 aliphatic heterocycles. The third-order valence-corrected chi connectivity index (χ3v) is 15.6. The van der Waals surface area contributed by atoms with Crippen LogP contribution in [-0.2, 0) is 6.42 Å². The SMILES string of the molecule is CCC(Cc1ccccc1-c1cc(-c2cccc3c2c2ccccc2n3-c2ccccc2)ccc1C)c1cc(-c2cccc3c2sc2ccccc23)c2sc3ccccc3c2c1. The summed E-state index contributed by atoms with van der Waals surface area (Å²) in [7, 11) is 0. The Morgan fingerprint density at radius 2 is 1.06 bits per heavy atom. The minimum atomic E-state index is 0.334. The van der Waals surface area contributed by atoms with Crippen LogP contribution in [0.15, 0.2) is 194 Å². The normalized spacial score (nSPS) is 12.4. The van der Waals surface area contributed by atoms with E-state index in [1.807, 2.05) is 22.7 Å². The highest BCUT2D eigenvalue weighted by molar-refractivity contribution is 7.27. The Bertz CT molecular complexity index is 3670. The third kappa shape index (κ3) is 5.95. The molecular formula is C59H43NS2. The van der Waals surface area contributed by atoms with E-state index in [-0.39, 0.29) is 0 Å².